The molecule has 0 saturated carbocycles. The summed E-state index contributed by atoms with van der Waals surface area (Å²) in [4.78, 5) is 13.7. The number of anilines is 1. The van der Waals surface area contributed by atoms with Gasteiger partial charge >= 0.3 is 0 Å². The molecule has 2 aromatic carbocycles. The van der Waals surface area contributed by atoms with Crippen molar-refractivity contribution in [1.82, 2.24) is 0 Å². The van der Waals surface area contributed by atoms with Crippen LogP contribution in [0.2, 0.25) is 0 Å². The van der Waals surface area contributed by atoms with Crippen molar-refractivity contribution in [3.05, 3.63) is 59.7 Å². The summed E-state index contributed by atoms with van der Waals surface area (Å²) < 4.78 is 5.34. The van der Waals surface area contributed by atoms with E-state index in [-0.39, 0.29) is 5.75 Å². The van der Waals surface area contributed by atoms with E-state index in [1.807, 2.05) is 42.5 Å². The quantitative estimate of drug-likeness (QED) is 0.881. The molecule has 1 heterocycles. The molecule has 114 valence electrons. The van der Waals surface area contributed by atoms with Crippen molar-refractivity contribution >= 4 is 12.0 Å². The Morgan fingerprint density at radius 2 is 1.82 bits per heavy atom. The third-order valence-corrected chi connectivity index (χ3v) is 4.02. The summed E-state index contributed by atoms with van der Waals surface area (Å²) in [6.07, 6.45) is 0.874. The molecule has 1 aliphatic rings. The van der Waals surface area contributed by atoms with Crippen LogP contribution in [0.25, 0.3) is 0 Å². The average Bonchev–Trinajstić information content (AvgIpc) is 2.59. The molecule has 2 aromatic rings. The monoisotopic (exact) mass is 297 g/mol. The van der Waals surface area contributed by atoms with E-state index in [0.29, 0.717) is 18.8 Å². The molecule has 22 heavy (non-hydrogen) atoms. The Hall–Kier alpha value is -2.33. The number of nitrogens with zero attached hydrogens (tertiary/aromatic N) is 1. The first-order valence-corrected chi connectivity index (χ1v) is 7.45. The summed E-state index contributed by atoms with van der Waals surface area (Å²) in [5.41, 5.74) is 2.48. The summed E-state index contributed by atoms with van der Waals surface area (Å²) in [6, 6.07) is 15.0. The van der Waals surface area contributed by atoms with Gasteiger partial charge in [-0.1, -0.05) is 36.4 Å². The second-order valence-corrected chi connectivity index (χ2v) is 5.37. The van der Waals surface area contributed by atoms with Crippen LogP contribution in [0.3, 0.4) is 0 Å². The van der Waals surface area contributed by atoms with Crippen molar-refractivity contribution in [2.75, 3.05) is 31.2 Å². The van der Waals surface area contributed by atoms with Gasteiger partial charge in [0.1, 0.15) is 12.0 Å². The molecular formula is C18H19NO3. The Labute approximate surface area is 130 Å². The minimum Gasteiger partial charge on any atom is -0.508 e. The number of hydrogen-bond donors (Lipinski definition) is 1. The summed E-state index contributed by atoms with van der Waals surface area (Å²) in [6.45, 7) is 3.02. The van der Waals surface area contributed by atoms with E-state index in [0.717, 1.165) is 30.6 Å². The van der Waals surface area contributed by atoms with Crippen LogP contribution in [0.15, 0.2) is 48.5 Å². The fraction of sp³-hybridized carbons (Fsp3) is 0.278. The van der Waals surface area contributed by atoms with Crippen LogP contribution in [-0.4, -0.2) is 37.7 Å². The van der Waals surface area contributed by atoms with Crippen molar-refractivity contribution in [1.29, 1.82) is 0 Å². The molecule has 0 spiro atoms. The molecule has 0 aliphatic carbocycles. The lowest BCUT2D eigenvalue weighted by Gasteiger charge is -2.29. The SMILES string of the molecule is O=CC(c1ccccc1)c1ccc(N2CCOCC2)cc1O. The van der Waals surface area contributed by atoms with Gasteiger partial charge in [-0.25, -0.2) is 0 Å². The van der Waals surface area contributed by atoms with E-state index < -0.39 is 5.92 Å². The molecule has 0 aromatic heterocycles. The minimum absolute atomic E-state index is 0.157. The molecule has 3 rings (SSSR count). The highest BCUT2D eigenvalue weighted by Crippen LogP contribution is 2.33. The van der Waals surface area contributed by atoms with Gasteiger partial charge in [-0.15, -0.1) is 0 Å². The number of rotatable bonds is 4. The Bertz CT molecular complexity index is 636. The Balaban J connectivity index is 1.89. The van der Waals surface area contributed by atoms with Crippen LogP contribution in [0.4, 0.5) is 5.69 Å². The van der Waals surface area contributed by atoms with Crippen LogP contribution >= 0.6 is 0 Å². The maximum atomic E-state index is 11.5. The summed E-state index contributed by atoms with van der Waals surface area (Å²) >= 11 is 0. The van der Waals surface area contributed by atoms with E-state index in [1.165, 1.54) is 0 Å². The lowest BCUT2D eigenvalue weighted by Crippen LogP contribution is -2.36. The molecule has 1 atom stereocenters. The standard InChI is InChI=1S/C18H19NO3/c20-13-17(14-4-2-1-3-5-14)16-7-6-15(12-18(16)21)19-8-10-22-11-9-19/h1-7,12-13,17,21H,8-11H2. The fourth-order valence-corrected chi connectivity index (χ4v) is 2.81. The normalized spacial score (nSPS) is 16.3. The van der Waals surface area contributed by atoms with Crippen molar-refractivity contribution in [2.24, 2.45) is 0 Å². The number of morpholine rings is 1. The minimum atomic E-state index is -0.445. The molecule has 1 aliphatic heterocycles. The molecule has 1 saturated heterocycles. The zero-order chi connectivity index (χ0) is 15.4. The maximum absolute atomic E-state index is 11.5. The molecule has 1 N–H and O–H groups in total. The van der Waals surface area contributed by atoms with Gasteiger partial charge in [0.25, 0.3) is 0 Å². The van der Waals surface area contributed by atoms with Crippen molar-refractivity contribution in [3.63, 3.8) is 0 Å². The molecule has 0 amide bonds. The van der Waals surface area contributed by atoms with E-state index in [1.54, 1.807) is 6.07 Å². The molecule has 1 unspecified atom stereocenters. The lowest BCUT2D eigenvalue weighted by atomic mass is 9.91. The smallest absolute Gasteiger partial charge is 0.131 e. The zero-order valence-electron chi connectivity index (χ0n) is 12.3. The van der Waals surface area contributed by atoms with E-state index in [4.69, 9.17) is 4.74 Å². The number of benzene rings is 2. The summed E-state index contributed by atoms with van der Waals surface area (Å²) in [5, 5.41) is 10.4. The van der Waals surface area contributed by atoms with Gasteiger partial charge in [-0.3, -0.25) is 0 Å². The number of aldehydes is 1. The number of hydrogen-bond acceptors (Lipinski definition) is 4. The number of ether oxygens (including phenoxy) is 1. The largest absolute Gasteiger partial charge is 0.508 e. The van der Waals surface area contributed by atoms with Gasteiger partial charge in [-0.2, -0.15) is 0 Å². The van der Waals surface area contributed by atoms with Crippen molar-refractivity contribution in [3.8, 4) is 5.75 Å². The number of carbonyl (C=O) groups excluding carboxylic acids is 1. The lowest BCUT2D eigenvalue weighted by molar-refractivity contribution is -0.108. The predicted octanol–water partition coefficient (Wildman–Crippen LogP) is 2.56. The Kier molecular flexibility index (Phi) is 4.39. The van der Waals surface area contributed by atoms with E-state index in [9.17, 15) is 9.90 Å². The van der Waals surface area contributed by atoms with Crippen molar-refractivity contribution < 1.29 is 14.6 Å². The van der Waals surface area contributed by atoms with Crippen LogP contribution in [-0.2, 0) is 9.53 Å². The second kappa shape index (κ2) is 6.62. The van der Waals surface area contributed by atoms with Gasteiger partial charge in [0, 0.05) is 30.4 Å². The fourth-order valence-electron chi connectivity index (χ4n) is 2.81. The first kappa shape index (κ1) is 14.6. The Morgan fingerprint density at radius 3 is 2.45 bits per heavy atom. The van der Waals surface area contributed by atoms with Crippen LogP contribution in [0, 0.1) is 0 Å². The molecular weight excluding hydrogens is 278 g/mol. The van der Waals surface area contributed by atoms with E-state index in [2.05, 4.69) is 4.90 Å². The highest BCUT2D eigenvalue weighted by molar-refractivity contribution is 5.71. The maximum Gasteiger partial charge on any atom is 0.131 e. The molecule has 4 heteroatoms. The highest BCUT2D eigenvalue weighted by Gasteiger charge is 2.19. The number of phenols is 1. The van der Waals surface area contributed by atoms with Gasteiger partial charge < -0.3 is 19.5 Å². The van der Waals surface area contributed by atoms with Gasteiger partial charge in [0.15, 0.2) is 0 Å². The first-order valence-electron chi connectivity index (χ1n) is 7.45. The second-order valence-electron chi connectivity index (χ2n) is 5.37. The number of carbonyl (C=O) groups is 1. The van der Waals surface area contributed by atoms with E-state index >= 15 is 0 Å². The van der Waals surface area contributed by atoms with Crippen LogP contribution < -0.4 is 4.90 Å². The third kappa shape index (κ3) is 2.97. The van der Waals surface area contributed by atoms with Gasteiger partial charge in [0.05, 0.1) is 19.1 Å². The molecule has 4 nitrogen and oxygen atoms in total. The van der Waals surface area contributed by atoms with Crippen LogP contribution in [0.5, 0.6) is 5.75 Å². The summed E-state index contributed by atoms with van der Waals surface area (Å²) in [7, 11) is 0. The first-order chi connectivity index (χ1) is 10.8. The van der Waals surface area contributed by atoms with Gasteiger partial charge in [-0.05, 0) is 11.6 Å². The Morgan fingerprint density at radius 1 is 1.09 bits per heavy atom. The molecule has 1 fully saturated rings. The van der Waals surface area contributed by atoms with Crippen LogP contribution in [0.1, 0.15) is 17.0 Å². The molecule has 0 radical (unpaired) electrons. The zero-order valence-corrected chi connectivity index (χ0v) is 12.3. The highest BCUT2D eigenvalue weighted by atomic mass is 16.5. The number of phenolic OH excluding ortho intramolecular Hbond substituents is 1. The van der Waals surface area contributed by atoms with Gasteiger partial charge in [0.2, 0.25) is 0 Å². The van der Waals surface area contributed by atoms with Crippen molar-refractivity contribution in [2.45, 2.75) is 5.92 Å². The average molecular weight is 297 g/mol. The number of aromatic hydroxyl groups is 1. The summed E-state index contributed by atoms with van der Waals surface area (Å²) in [5.74, 6) is -0.287. The predicted molar refractivity (Wildman–Crippen MR) is 85.5 cm³/mol. The molecule has 0 bridgehead atoms. The third-order valence-electron chi connectivity index (χ3n) is 4.02. The topological polar surface area (TPSA) is 49.8 Å².